The Hall–Kier alpha value is -0.830. The second kappa shape index (κ2) is 2.64. The molecule has 1 aromatic rings. The highest BCUT2D eigenvalue weighted by Gasteiger charge is 1.95. The molecule has 2 N–H and O–H groups in total. The average Bonchev–Trinajstić information content (AvgIpc) is 2.33. The number of thiophene rings is 1. The van der Waals surface area contributed by atoms with Crippen LogP contribution in [0.5, 0.6) is 0 Å². The van der Waals surface area contributed by atoms with Gasteiger partial charge >= 0.3 is 0 Å². The second-order valence-electron chi connectivity index (χ2n) is 1.59. The maximum atomic E-state index is 6.95. The Morgan fingerprint density at radius 1 is 1.78 bits per heavy atom. The van der Waals surface area contributed by atoms with E-state index in [4.69, 9.17) is 5.41 Å². The van der Waals surface area contributed by atoms with E-state index < -0.39 is 0 Å². The second-order valence-corrected chi connectivity index (χ2v) is 2.54. The van der Waals surface area contributed by atoms with Crippen LogP contribution in [-0.4, -0.2) is 13.3 Å². The van der Waals surface area contributed by atoms with Crippen LogP contribution in [0.3, 0.4) is 0 Å². The molecule has 0 aliphatic heterocycles. The van der Waals surface area contributed by atoms with Gasteiger partial charge in [0.25, 0.3) is 0 Å². The zero-order valence-electron chi connectivity index (χ0n) is 5.14. The molecule has 2 nitrogen and oxygen atoms in total. The molecule has 0 amide bonds. The summed E-state index contributed by atoms with van der Waals surface area (Å²) in [6.45, 7) is 0. The zero-order chi connectivity index (χ0) is 6.69. The molecular formula is C6H8N2S. The van der Waals surface area contributed by atoms with E-state index in [1.807, 2.05) is 18.5 Å². The first kappa shape index (κ1) is 6.29. The monoisotopic (exact) mass is 140 g/mol. The van der Waals surface area contributed by atoms with Gasteiger partial charge in [0, 0.05) is 13.3 Å². The van der Waals surface area contributed by atoms with E-state index in [1.165, 1.54) is 6.21 Å². The summed E-state index contributed by atoms with van der Waals surface area (Å²) in [5, 5.41) is 11.9. The van der Waals surface area contributed by atoms with Gasteiger partial charge in [-0.1, -0.05) is 0 Å². The summed E-state index contributed by atoms with van der Waals surface area (Å²) in [4.78, 5) is 0.984. The Labute approximate surface area is 58.0 Å². The molecule has 0 aliphatic carbocycles. The van der Waals surface area contributed by atoms with Crippen molar-refractivity contribution in [3.8, 4) is 0 Å². The molecule has 9 heavy (non-hydrogen) atoms. The van der Waals surface area contributed by atoms with Crippen molar-refractivity contribution in [2.45, 2.75) is 0 Å². The van der Waals surface area contributed by atoms with Crippen molar-refractivity contribution in [2.24, 2.45) is 0 Å². The van der Waals surface area contributed by atoms with E-state index in [-0.39, 0.29) is 0 Å². The molecular weight excluding hydrogens is 132 g/mol. The van der Waals surface area contributed by atoms with Gasteiger partial charge in [-0.25, -0.2) is 0 Å². The Morgan fingerprint density at radius 2 is 2.56 bits per heavy atom. The maximum Gasteiger partial charge on any atom is 0.0677 e. The molecule has 1 heterocycles. The molecule has 0 radical (unpaired) electrons. The Morgan fingerprint density at radius 3 is 3.00 bits per heavy atom. The number of anilines is 1. The fraction of sp³-hybridized carbons (Fsp3) is 0.167. The predicted molar refractivity (Wildman–Crippen MR) is 41.8 cm³/mol. The quantitative estimate of drug-likeness (QED) is 0.603. The minimum absolute atomic E-state index is 0.984. The lowest BCUT2D eigenvalue weighted by atomic mass is 10.4. The van der Waals surface area contributed by atoms with Gasteiger partial charge in [-0.3, -0.25) is 0 Å². The lowest BCUT2D eigenvalue weighted by Crippen LogP contribution is -1.87. The van der Waals surface area contributed by atoms with Crippen molar-refractivity contribution < 1.29 is 0 Å². The van der Waals surface area contributed by atoms with Crippen LogP contribution in [0, 0.1) is 5.41 Å². The fourth-order valence-electron chi connectivity index (χ4n) is 0.639. The molecule has 48 valence electrons. The first-order valence-corrected chi connectivity index (χ1v) is 3.52. The van der Waals surface area contributed by atoms with Gasteiger partial charge in [-0.15, -0.1) is 11.3 Å². The Kier molecular flexibility index (Phi) is 1.85. The smallest absolute Gasteiger partial charge is 0.0677 e. The molecule has 0 aliphatic rings. The first-order valence-electron chi connectivity index (χ1n) is 2.64. The van der Waals surface area contributed by atoms with Gasteiger partial charge in [-0.2, -0.15) is 0 Å². The van der Waals surface area contributed by atoms with Crippen molar-refractivity contribution in [2.75, 3.05) is 12.4 Å². The van der Waals surface area contributed by atoms with Crippen molar-refractivity contribution in [1.29, 1.82) is 5.41 Å². The summed E-state index contributed by atoms with van der Waals surface area (Å²) in [6, 6.07) is 1.96. The lowest BCUT2D eigenvalue weighted by Gasteiger charge is -1.93. The standard InChI is InChI=1S/C6H8N2S/c1-8-5-2-3-9-6(5)4-7/h2-4,7-8H,1H3. The molecule has 3 heteroatoms. The molecule has 1 aromatic heterocycles. The largest absolute Gasteiger partial charge is 0.387 e. The van der Waals surface area contributed by atoms with Crippen LogP contribution >= 0.6 is 11.3 Å². The summed E-state index contributed by atoms with van der Waals surface area (Å²) in [5.74, 6) is 0. The lowest BCUT2D eigenvalue weighted by molar-refractivity contribution is 1.53. The van der Waals surface area contributed by atoms with E-state index in [1.54, 1.807) is 11.3 Å². The molecule has 0 bridgehead atoms. The van der Waals surface area contributed by atoms with Gasteiger partial charge in [0.05, 0.1) is 10.6 Å². The highest BCUT2D eigenvalue weighted by molar-refractivity contribution is 7.12. The third-order valence-corrected chi connectivity index (χ3v) is 1.96. The van der Waals surface area contributed by atoms with Crippen LogP contribution in [0.4, 0.5) is 5.69 Å². The number of hydrogen-bond acceptors (Lipinski definition) is 3. The summed E-state index contributed by atoms with van der Waals surface area (Å²) >= 11 is 1.57. The van der Waals surface area contributed by atoms with Gasteiger partial charge in [-0.05, 0) is 11.4 Å². The summed E-state index contributed by atoms with van der Waals surface area (Å²) in [6.07, 6.45) is 1.36. The van der Waals surface area contributed by atoms with Crippen LogP contribution < -0.4 is 5.32 Å². The number of rotatable bonds is 2. The number of hydrogen-bond donors (Lipinski definition) is 2. The van der Waals surface area contributed by atoms with E-state index in [9.17, 15) is 0 Å². The van der Waals surface area contributed by atoms with Gasteiger partial charge in [0.2, 0.25) is 0 Å². The SMILES string of the molecule is CNc1ccsc1C=N. The topological polar surface area (TPSA) is 35.9 Å². The van der Waals surface area contributed by atoms with Crippen molar-refractivity contribution in [3.63, 3.8) is 0 Å². The summed E-state index contributed by atoms with van der Waals surface area (Å²) < 4.78 is 0. The third kappa shape index (κ3) is 1.10. The zero-order valence-corrected chi connectivity index (χ0v) is 5.96. The fourth-order valence-corrected chi connectivity index (χ4v) is 1.36. The molecule has 0 aromatic carbocycles. The molecule has 0 unspecified atom stereocenters. The van der Waals surface area contributed by atoms with Crippen LogP contribution in [0.15, 0.2) is 11.4 Å². The predicted octanol–water partition coefficient (Wildman–Crippen LogP) is 1.79. The van der Waals surface area contributed by atoms with Crippen molar-refractivity contribution >= 4 is 23.2 Å². The molecule has 0 spiro atoms. The Bertz CT molecular complexity index is 205. The minimum atomic E-state index is 0.984. The normalized spacial score (nSPS) is 9.00. The third-order valence-electron chi connectivity index (χ3n) is 1.10. The maximum absolute atomic E-state index is 6.95. The first-order chi connectivity index (χ1) is 4.38. The van der Waals surface area contributed by atoms with E-state index in [2.05, 4.69) is 5.32 Å². The van der Waals surface area contributed by atoms with Crippen molar-refractivity contribution in [1.82, 2.24) is 0 Å². The molecule has 0 saturated carbocycles. The summed E-state index contributed by atoms with van der Waals surface area (Å²) in [7, 11) is 1.86. The van der Waals surface area contributed by atoms with E-state index in [0.29, 0.717) is 0 Å². The van der Waals surface area contributed by atoms with Crippen LogP contribution in [-0.2, 0) is 0 Å². The van der Waals surface area contributed by atoms with E-state index >= 15 is 0 Å². The van der Waals surface area contributed by atoms with Crippen LogP contribution in [0.25, 0.3) is 0 Å². The van der Waals surface area contributed by atoms with E-state index in [0.717, 1.165) is 10.6 Å². The number of nitrogens with one attached hydrogen (secondary N) is 2. The van der Waals surface area contributed by atoms with Crippen LogP contribution in [0.2, 0.25) is 0 Å². The van der Waals surface area contributed by atoms with Gasteiger partial charge in [0.1, 0.15) is 0 Å². The van der Waals surface area contributed by atoms with Crippen molar-refractivity contribution in [3.05, 3.63) is 16.3 Å². The highest BCUT2D eigenvalue weighted by Crippen LogP contribution is 2.18. The molecule has 0 saturated heterocycles. The van der Waals surface area contributed by atoms with Gasteiger partial charge < -0.3 is 10.7 Å². The summed E-state index contributed by atoms with van der Waals surface area (Å²) in [5.41, 5.74) is 1.04. The Balaban J connectivity index is 2.98. The highest BCUT2D eigenvalue weighted by atomic mass is 32.1. The minimum Gasteiger partial charge on any atom is -0.387 e. The molecule has 0 fully saturated rings. The van der Waals surface area contributed by atoms with Gasteiger partial charge in [0.15, 0.2) is 0 Å². The average molecular weight is 140 g/mol. The van der Waals surface area contributed by atoms with Crippen LogP contribution in [0.1, 0.15) is 4.88 Å². The molecule has 0 atom stereocenters. The molecule has 1 rings (SSSR count).